The average molecular weight is 523 g/mol. The number of hydrogen-bond donors (Lipinski definition) is 2. The number of nitrogen functional groups attached to an aromatic ring is 1. The van der Waals surface area contributed by atoms with E-state index >= 15 is 0 Å². The van der Waals surface area contributed by atoms with Crippen molar-refractivity contribution >= 4 is 33.6 Å². The molecule has 0 fully saturated rings. The van der Waals surface area contributed by atoms with E-state index < -0.39 is 6.04 Å². The van der Waals surface area contributed by atoms with Crippen molar-refractivity contribution in [3.8, 4) is 11.5 Å². The number of carbonyl (C=O) groups excluding carboxylic acids is 1. The second-order valence-corrected chi connectivity index (χ2v) is 9.72. The highest BCUT2D eigenvalue weighted by Crippen LogP contribution is 2.42. The molecule has 6 rings (SSSR count). The van der Waals surface area contributed by atoms with Gasteiger partial charge in [0.15, 0.2) is 11.5 Å². The van der Waals surface area contributed by atoms with Crippen LogP contribution in [0, 0.1) is 0 Å². The van der Waals surface area contributed by atoms with Gasteiger partial charge in [-0.15, -0.1) is 0 Å². The molecule has 8 heteroatoms. The van der Waals surface area contributed by atoms with E-state index in [1.165, 1.54) is 7.11 Å². The highest BCUT2D eigenvalue weighted by molar-refractivity contribution is 5.88. The predicted octanol–water partition coefficient (Wildman–Crippen LogP) is 5.00. The quantitative estimate of drug-likeness (QED) is 0.302. The maximum atomic E-state index is 13.3. The normalized spacial score (nSPS) is 17.2. The van der Waals surface area contributed by atoms with Crippen molar-refractivity contribution in [1.29, 1.82) is 0 Å². The first-order valence-corrected chi connectivity index (χ1v) is 12.8. The molecule has 0 saturated carbocycles. The lowest BCUT2D eigenvalue weighted by molar-refractivity contribution is -0.148. The molecule has 0 saturated heterocycles. The van der Waals surface area contributed by atoms with E-state index in [1.54, 1.807) is 14.2 Å². The number of nitrogens with zero attached hydrogens (tertiary/aromatic N) is 2. The summed E-state index contributed by atoms with van der Waals surface area (Å²) in [4.78, 5) is 23.8. The van der Waals surface area contributed by atoms with Crippen LogP contribution in [0.25, 0.3) is 21.8 Å². The highest BCUT2D eigenvalue weighted by Gasteiger charge is 2.41. The van der Waals surface area contributed by atoms with Gasteiger partial charge in [0.05, 0.1) is 32.9 Å². The smallest absolute Gasteiger partial charge is 0.323 e. The average Bonchev–Trinajstić information content (AvgIpc) is 3.34. The number of nitrogens with two attached hydrogens (primary N) is 1. The first kappa shape index (κ1) is 24.8. The van der Waals surface area contributed by atoms with Crippen molar-refractivity contribution in [2.24, 2.45) is 0 Å². The Balaban J connectivity index is 1.52. The summed E-state index contributed by atoms with van der Waals surface area (Å²) in [7, 11) is 4.63. The Bertz CT molecular complexity index is 1680. The van der Waals surface area contributed by atoms with E-state index in [0.29, 0.717) is 35.8 Å². The third-order valence-corrected chi connectivity index (χ3v) is 7.62. The van der Waals surface area contributed by atoms with Crippen LogP contribution in [-0.2, 0) is 22.5 Å². The molecule has 0 radical (unpaired) electrons. The Labute approximate surface area is 226 Å². The molecular weight excluding hydrogens is 492 g/mol. The summed E-state index contributed by atoms with van der Waals surface area (Å²) in [5.74, 6) is 1.30. The van der Waals surface area contributed by atoms with Crippen LogP contribution in [0.15, 0.2) is 72.8 Å². The van der Waals surface area contributed by atoms with Crippen LogP contribution in [0.1, 0.15) is 28.4 Å². The van der Waals surface area contributed by atoms with Gasteiger partial charge in [0.1, 0.15) is 11.9 Å². The standard InChI is InChI=1S/C31H30N4O4/c1-37-26-14-19-13-20(30(32)34-24(19)16-27(26)38-2)17-35-25(31(36)39-3)15-22-21-11-7-8-12-23(21)33-28(22)29(35)18-9-5-4-6-10-18/h4-14,16,25,29,33H,15,17H2,1-3H3,(H2,32,34)/t25-,29+/m0/s1. The number of esters is 1. The monoisotopic (exact) mass is 522 g/mol. The molecule has 3 aromatic carbocycles. The zero-order chi connectivity index (χ0) is 27.1. The third-order valence-electron chi connectivity index (χ3n) is 7.62. The van der Waals surface area contributed by atoms with Crippen LogP contribution >= 0.6 is 0 Å². The molecule has 2 atom stereocenters. The number of H-pyrrole nitrogens is 1. The summed E-state index contributed by atoms with van der Waals surface area (Å²) in [5.41, 5.74) is 12.4. The lowest BCUT2D eigenvalue weighted by Gasteiger charge is -2.41. The van der Waals surface area contributed by atoms with Gasteiger partial charge in [-0.3, -0.25) is 9.69 Å². The number of fused-ring (bicyclic) bond motifs is 4. The molecule has 0 unspecified atom stereocenters. The van der Waals surface area contributed by atoms with Crippen LogP contribution in [0.4, 0.5) is 5.82 Å². The Morgan fingerprint density at radius 1 is 1.00 bits per heavy atom. The maximum Gasteiger partial charge on any atom is 0.323 e. The fraction of sp³-hybridized carbons (Fsp3) is 0.226. The van der Waals surface area contributed by atoms with Gasteiger partial charge in [-0.2, -0.15) is 0 Å². The summed E-state index contributed by atoms with van der Waals surface area (Å²) in [6.07, 6.45) is 0.515. The van der Waals surface area contributed by atoms with Crippen molar-refractivity contribution in [3.05, 3.63) is 95.2 Å². The van der Waals surface area contributed by atoms with Gasteiger partial charge in [-0.1, -0.05) is 48.5 Å². The van der Waals surface area contributed by atoms with Gasteiger partial charge in [0.2, 0.25) is 0 Å². The number of aromatic amines is 1. The number of hydrogen-bond acceptors (Lipinski definition) is 7. The summed E-state index contributed by atoms with van der Waals surface area (Å²) < 4.78 is 16.3. The van der Waals surface area contributed by atoms with Crippen molar-refractivity contribution < 1.29 is 19.0 Å². The van der Waals surface area contributed by atoms with E-state index in [2.05, 4.69) is 39.1 Å². The van der Waals surface area contributed by atoms with Crippen molar-refractivity contribution in [2.45, 2.75) is 25.0 Å². The van der Waals surface area contributed by atoms with Crippen molar-refractivity contribution in [2.75, 3.05) is 27.1 Å². The SMILES string of the molecule is COC(=O)[C@@H]1Cc2c([nH]c3ccccc23)[C@@H](c2ccccc2)N1Cc1cc2cc(OC)c(OC)cc2nc1N. The van der Waals surface area contributed by atoms with E-state index in [4.69, 9.17) is 19.9 Å². The number of para-hydroxylation sites is 1. The molecule has 0 spiro atoms. The number of carbonyl (C=O) groups is 1. The minimum atomic E-state index is -0.521. The second-order valence-electron chi connectivity index (χ2n) is 9.72. The lowest BCUT2D eigenvalue weighted by Crippen LogP contribution is -2.48. The molecule has 3 N–H and O–H groups in total. The first-order valence-electron chi connectivity index (χ1n) is 12.8. The van der Waals surface area contributed by atoms with Gasteiger partial charge in [0, 0.05) is 46.6 Å². The summed E-state index contributed by atoms with van der Waals surface area (Å²) in [6.45, 7) is 0.386. The van der Waals surface area contributed by atoms with Gasteiger partial charge in [-0.05, 0) is 29.3 Å². The third kappa shape index (κ3) is 4.23. The largest absolute Gasteiger partial charge is 0.493 e. The maximum absolute atomic E-state index is 13.3. The van der Waals surface area contributed by atoms with Gasteiger partial charge in [-0.25, -0.2) is 4.98 Å². The molecule has 39 heavy (non-hydrogen) atoms. The fourth-order valence-electron chi connectivity index (χ4n) is 5.76. The molecule has 0 bridgehead atoms. The zero-order valence-corrected chi connectivity index (χ0v) is 22.1. The number of anilines is 1. The number of pyridine rings is 1. The molecule has 8 nitrogen and oxygen atoms in total. The Hall–Kier alpha value is -4.56. The van der Waals surface area contributed by atoms with Crippen LogP contribution in [0.2, 0.25) is 0 Å². The second kappa shape index (κ2) is 9.96. The number of methoxy groups -OCH3 is 3. The Morgan fingerprint density at radius 2 is 1.72 bits per heavy atom. The number of ether oxygens (including phenoxy) is 3. The van der Waals surface area contributed by atoms with Crippen LogP contribution in [0.5, 0.6) is 11.5 Å². The number of nitrogens with one attached hydrogen (secondary N) is 1. The molecule has 1 aliphatic heterocycles. The van der Waals surface area contributed by atoms with E-state index in [0.717, 1.165) is 38.7 Å². The zero-order valence-electron chi connectivity index (χ0n) is 22.1. The van der Waals surface area contributed by atoms with Crippen molar-refractivity contribution in [3.63, 3.8) is 0 Å². The number of rotatable bonds is 6. The summed E-state index contributed by atoms with van der Waals surface area (Å²) in [6, 6.07) is 23.4. The Morgan fingerprint density at radius 3 is 2.46 bits per heavy atom. The van der Waals surface area contributed by atoms with E-state index in [1.807, 2.05) is 48.5 Å². The molecule has 5 aromatic rings. The molecule has 2 aromatic heterocycles. The minimum Gasteiger partial charge on any atom is -0.493 e. The molecular formula is C31H30N4O4. The molecule has 1 aliphatic rings. The number of benzene rings is 3. The van der Waals surface area contributed by atoms with Crippen LogP contribution in [0.3, 0.4) is 0 Å². The molecule has 3 heterocycles. The summed E-state index contributed by atoms with van der Waals surface area (Å²) >= 11 is 0. The van der Waals surface area contributed by atoms with Crippen LogP contribution in [-0.4, -0.2) is 48.2 Å². The predicted molar refractivity (Wildman–Crippen MR) is 151 cm³/mol. The van der Waals surface area contributed by atoms with Gasteiger partial charge < -0.3 is 24.9 Å². The van der Waals surface area contributed by atoms with Gasteiger partial charge >= 0.3 is 5.97 Å². The first-order chi connectivity index (χ1) is 19.0. The molecule has 0 aliphatic carbocycles. The highest BCUT2D eigenvalue weighted by atomic mass is 16.5. The number of aromatic nitrogens is 2. The van der Waals surface area contributed by atoms with E-state index in [-0.39, 0.29) is 12.0 Å². The topological polar surface area (TPSA) is 103 Å². The lowest BCUT2D eigenvalue weighted by atomic mass is 9.87. The summed E-state index contributed by atoms with van der Waals surface area (Å²) in [5, 5.41) is 1.99. The molecule has 0 amide bonds. The van der Waals surface area contributed by atoms with Crippen molar-refractivity contribution in [1.82, 2.24) is 14.9 Å². The Kier molecular flexibility index (Phi) is 6.32. The van der Waals surface area contributed by atoms with Gasteiger partial charge in [0.25, 0.3) is 0 Å². The minimum absolute atomic E-state index is 0.230. The van der Waals surface area contributed by atoms with E-state index in [9.17, 15) is 4.79 Å². The molecule has 198 valence electrons. The van der Waals surface area contributed by atoms with Crippen LogP contribution < -0.4 is 15.2 Å². The fourth-order valence-corrected chi connectivity index (χ4v) is 5.76.